The van der Waals surface area contributed by atoms with Gasteiger partial charge in [-0.1, -0.05) is 158 Å². The molecule has 0 unspecified atom stereocenters. The van der Waals surface area contributed by atoms with Crippen molar-refractivity contribution >= 4 is 71.3 Å². The molecule has 0 saturated heterocycles. The van der Waals surface area contributed by atoms with E-state index in [4.69, 9.17) is 4.42 Å². The van der Waals surface area contributed by atoms with Gasteiger partial charge in [-0.15, -0.1) is 0 Å². The number of benzene rings is 10. The smallest absolute Gasteiger partial charge is 0.135 e. The van der Waals surface area contributed by atoms with E-state index in [0.29, 0.717) is 0 Å². The zero-order valence-electron chi connectivity index (χ0n) is 30.6. The molecule has 11 rings (SSSR count). The Bertz CT molecular complexity index is 3200. The summed E-state index contributed by atoms with van der Waals surface area (Å²) in [6.45, 7) is 0. The standard InChI is InChI=1S/C54H35NO/c1-3-13-36(14-4-1)39-25-31-52(49(33-39)38-15-5-2-6-16-38)55(42-29-30-47-45-19-8-7-17-43(45)44-18-9-10-20-46(44)50(47)35-42)41-27-23-37(24-28-41)40-26-32-54-51(34-40)48-21-11-12-22-53(48)56-54/h1-35H. The third kappa shape index (κ3) is 5.34. The fourth-order valence-electron chi connectivity index (χ4n) is 8.56. The van der Waals surface area contributed by atoms with Gasteiger partial charge >= 0.3 is 0 Å². The van der Waals surface area contributed by atoms with Crippen molar-refractivity contribution in [1.82, 2.24) is 0 Å². The third-order valence-corrected chi connectivity index (χ3v) is 11.3. The van der Waals surface area contributed by atoms with E-state index >= 15 is 0 Å². The molecular weight excluding hydrogens is 679 g/mol. The molecule has 1 heterocycles. The summed E-state index contributed by atoms with van der Waals surface area (Å²) in [7, 11) is 0. The first-order valence-electron chi connectivity index (χ1n) is 19.2. The molecule has 0 saturated carbocycles. The Morgan fingerprint density at radius 2 is 0.750 bits per heavy atom. The predicted octanol–water partition coefficient (Wildman–Crippen LogP) is 15.5. The second-order valence-corrected chi connectivity index (χ2v) is 14.5. The van der Waals surface area contributed by atoms with E-state index < -0.39 is 0 Å². The number of anilines is 3. The van der Waals surface area contributed by atoms with Gasteiger partial charge in [-0.2, -0.15) is 0 Å². The van der Waals surface area contributed by atoms with Gasteiger partial charge in [0.15, 0.2) is 0 Å². The fraction of sp³-hybridized carbons (Fsp3) is 0. The van der Waals surface area contributed by atoms with Crippen LogP contribution in [0.2, 0.25) is 0 Å². The van der Waals surface area contributed by atoms with Crippen molar-refractivity contribution in [2.45, 2.75) is 0 Å². The minimum atomic E-state index is 0.904. The highest BCUT2D eigenvalue weighted by atomic mass is 16.3. The number of para-hydroxylation sites is 1. The van der Waals surface area contributed by atoms with Crippen LogP contribution in [0.4, 0.5) is 17.1 Å². The second kappa shape index (κ2) is 13.2. The summed E-state index contributed by atoms with van der Waals surface area (Å²) in [5.41, 5.74) is 12.1. The van der Waals surface area contributed by atoms with Crippen molar-refractivity contribution in [3.05, 3.63) is 212 Å². The van der Waals surface area contributed by atoms with Crippen LogP contribution in [0.3, 0.4) is 0 Å². The first-order valence-corrected chi connectivity index (χ1v) is 19.2. The maximum atomic E-state index is 6.15. The van der Waals surface area contributed by atoms with Gasteiger partial charge < -0.3 is 9.32 Å². The molecule has 2 heteroatoms. The van der Waals surface area contributed by atoms with Crippen LogP contribution >= 0.6 is 0 Å². The lowest BCUT2D eigenvalue weighted by molar-refractivity contribution is 0.669. The molecule has 0 aliphatic heterocycles. The normalized spacial score (nSPS) is 11.6. The number of nitrogens with zero attached hydrogens (tertiary/aromatic N) is 1. The zero-order chi connectivity index (χ0) is 37.0. The van der Waals surface area contributed by atoms with E-state index in [9.17, 15) is 0 Å². The largest absolute Gasteiger partial charge is 0.456 e. The summed E-state index contributed by atoms with van der Waals surface area (Å²) in [5, 5.41) is 9.82. The van der Waals surface area contributed by atoms with Crippen LogP contribution < -0.4 is 4.90 Å². The molecule has 10 aromatic carbocycles. The lowest BCUT2D eigenvalue weighted by Crippen LogP contribution is -2.11. The van der Waals surface area contributed by atoms with Crippen LogP contribution in [0.1, 0.15) is 0 Å². The van der Waals surface area contributed by atoms with E-state index in [1.54, 1.807) is 0 Å². The summed E-state index contributed by atoms with van der Waals surface area (Å²) < 4.78 is 6.15. The Labute approximate surface area is 325 Å². The highest BCUT2D eigenvalue weighted by Gasteiger charge is 2.20. The average molecular weight is 714 g/mol. The fourth-order valence-corrected chi connectivity index (χ4v) is 8.56. The third-order valence-electron chi connectivity index (χ3n) is 11.3. The highest BCUT2D eigenvalue weighted by molar-refractivity contribution is 6.26. The van der Waals surface area contributed by atoms with Gasteiger partial charge in [0.05, 0.1) is 5.69 Å². The Morgan fingerprint density at radius 3 is 1.45 bits per heavy atom. The summed E-state index contributed by atoms with van der Waals surface area (Å²) in [5.74, 6) is 0. The van der Waals surface area contributed by atoms with Gasteiger partial charge in [0.2, 0.25) is 0 Å². The van der Waals surface area contributed by atoms with Gasteiger partial charge in [0.1, 0.15) is 11.2 Å². The van der Waals surface area contributed by atoms with Gasteiger partial charge in [0.25, 0.3) is 0 Å². The van der Waals surface area contributed by atoms with E-state index in [2.05, 4.69) is 205 Å². The molecular formula is C54H35NO. The maximum Gasteiger partial charge on any atom is 0.135 e. The summed E-state index contributed by atoms with van der Waals surface area (Å²) in [6, 6.07) is 76.6. The Balaban J connectivity index is 1.13. The van der Waals surface area contributed by atoms with Crippen LogP contribution in [0, 0.1) is 0 Å². The van der Waals surface area contributed by atoms with Gasteiger partial charge in [0, 0.05) is 27.7 Å². The van der Waals surface area contributed by atoms with E-state index in [-0.39, 0.29) is 0 Å². The lowest BCUT2D eigenvalue weighted by Gasteiger charge is -2.29. The van der Waals surface area contributed by atoms with Crippen molar-refractivity contribution in [2.24, 2.45) is 0 Å². The SMILES string of the molecule is c1ccc(-c2ccc(N(c3ccc(-c4ccc5oc6ccccc6c5c4)cc3)c3ccc4c5ccccc5c5ccccc5c4c3)c(-c3ccccc3)c2)cc1. The first kappa shape index (κ1) is 32.0. The van der Waals surface area contributed by atoms with Crippen LogP contribution in [-0.4, -0.2) is 0 Å². The maximum absolute atomic E-state index is 6.15. The number of hydrogen-bond acceptors (Lipinski definition) is 2. The number of fused-ring (bicyclic) bond motifs is 9. The van der Waals surface area contributed by atoms with Crippen LogP contribution in [0.25, 0.3) is 87.6 Å². The quantitative estimate of drug-likeness (QED) is 0.160. The van der Waals surface area contributed by atoms with Crippen molar-refractivity contribution in [1.29, 1.82) is 0 Å². The monoisotopic (exact) mass is 713 g/mol. The molecule has 0 aliphatic rings. The number of rotatable bonds is 6. The van der Waals surface area contributed by atoms with E-state index in [1.165, 1.54) is 49.0 Å². The first-order chi connectivity index (χ1) is 27.8. The second-order valence-electron chi connectivity index (χ2n) is 14.5. The number of hydrogen-bond donors (Lipinski definition) is 0. The summed E-state index contributed by atoms with van der Waals surface area (Å²) in [6.07, 6.45) is 0. The molecule has 11 aromatic rings. The van der Waals surface area contributed by atoms with Crippen molar-refractivity contribution in [3.8, 4) is 33.4 Å². The van der Waals surface area contributed by atoms with Gasteiger partial charge in [-0.25, -0.2) is 0 Å². The Hall–Kier alpha value is -7.42. The minimum absolute atomic E-state index is 0.904. The lowest BCUT2D eigenvalue weighted by atomic mass is 9.93. The van der Waals surface area contributed by atoms with Gasteiger partial charge in [-0.05, 0) is 115 Å². The molecule has 0 amide bonds. The molecule has 1 aromatic heterocycles. The van der Waals surface area contributed by atoms with E-state index in [0.717, 1.165) is 55.7 Å². The predicted molar refractivity (Wildman–Crippen MR) is 237 cm³/mol. The Kier molecular flexibility index (Phi) is 7.53. The summed E-state index contributed by atoms with van der Waals surface area (Å²) >= 11 is 0. The minimum Gasteiger partial charge on any atom is -0.456 e. The van der Waals surface area contributed by atoms with Crippen LogP contribution in [0.15, 0.2) is 217 Å². The molecule has 2 nitrogen and oxygen atoms in total. The van der Waals surface area contributed by atoms with E-state index in [1.807, 2.05) is 12.1 Å². The molecule has 0 fully saturated rings. The van der Waals surface area contributed by atoms with Crippen molar-refractivity contribution in [2.75, 3.05) is 4.90 Å². The molecule has 0 N–H and O–H groups in total. The van der Waals surface area contributed by atoms with Gasteiger partial charge in [-0.3, -0.25) is 0 Å². The molecule has 56 heavy (non-hydrogen) atoms. The van der Waals surface area contributed by atoms with Crippen molar-refractivity contribution < 1.29 is 4.42 Å². The average Bonchev–Trinajstić information content (AvgIpc) is 3.66. The molecule has 0 spiro atoms. The molecule has 0 bridgehead atoms. The summed E-state index contributed by atoms with van der Waals surface area (Å²) in [4.78, 5) is 2.43. The Morgan fingerprint density at radius 1 is 0.268 bits per heavy atom. The highest BCUT2D eigenvalue weighted by Crippen LogP contribution is 2.45. The zero-order valence-corrected chi connectivity index (χ0v) is 30.6. The van der Waals surface area contributed by atoms with Crippen LogP contribution in [-0.2, 0) is 0 Å². The molecule has 0 atom stereocenters. The molecule has 262 valence electrons. The molecule has 0 aliphatic carbocycles. The van der Waals surface area contributed by atoms with Crippen molar-refractivity contribution in [3.63, 3.8) is 0 Å². The van der Waals surface area contributed by atoms with Crippen LogP contribution in [0.5, 0.6) is 0 Å². The molecule has 0 radical (unpaired) electrons. The topological polar surface area (TPSA) is 16.4 Å². The number of furan rings is 1.